The SMILES string of the molecule is Cc1oc(-c2ccccc2)nc1COc1ccc(S(=O)(=O)Nc2ccn(C)n2)cc1. The van der Waals surface area contributed by atoms with Crippen molar-refractivity contribution < 1.29 is 17.6 Å². The first-order valence-corrected chi connectivity index (χ1v) is 10.7. The van der Waals surface area contributed by atoms with Crippen molar-refractivity contribution in [2.45, 2.75) is 18.4 Å². The Morgan fingerprint density at radius 2 is 1.80 bits per heavy atom. The summed E-state index contributed by atoms with van der Waals surface area (Å²) in [4.78, 5) is 4.61. The van der Waals surface area contributed by atoms with E-state index in [1.807, 2.05) is 37.3 Å². The van der Waals surface area contributed by atoms with Crippen molar-refractivity contribution in [3.63, 3.8) is 0 Å². The van der Waals surface area contributed by atoms with Gasteiger partial charge in [-0.15, -0.1) is 0 Å². The average Bonchev–Trinajstić information content (AvgIpc) is 3.32. The smallest absolute Gasteiger partial charge is 0.263 e. The first-order valence-electron chi connectivity index (χ1n) is 9.18. The molecule has 0 unspecified atom stereocenters. The standard InChI is InChI=1S/C21H20N4O4S/c1-15-19(22-21(29-15)16-6-4-3-5-7-16)14-28-17-8-10-18(11-9-17)30(26,27)24-20-12-13-25(2)23-20/h3-13H,14H2,1-2H3,(H,23,24). The topological polar surface area (TPSA) is 99.3 Å². The van der Waals surface area contributed by atoms with E-state index < -0.39 is 10.0 Å². The molecule has 0 aliphatic heterocycles. The van der Waals surface area contributed by atoms with Gasteiger partial charge < -0.3 is 9.15 Å². The molecule has 0 saturated heterocycles. The van der Waals surface area contributed by atoms with Gasteiger partial charge in [0.15, 0.2) is 5.82 Å². The highest BCUT2D eigenvalue weighted by molar-refractivity contribution is 7.92. The fraction of sp³-hybridized carbons (Fsp3) is 0.143. The number of rotatable bonds is 7. The third-order valence-electron chi connectivity index (χ3n) is 4.38. The summed E-state index contributed by atoms with van der Waals surface area (Å²) >= 11 is 0. The largest absolute Gasteiger partial charge is 0.487 e. The summed E-state index contributed by atoms with van der Waals surface area (Å²) in [7, 11) is -2.01. The molecular weight excluding hydrogens is 404 g/mol. The second-order valence-corrected chi connectivity index (χ2v) is 8.31. The molecule has 0 fully saturated rings. The molecule has 0 amide bonds. The minimum absolute atomic E-state index is 0.115. The molecule has 2 aromatic carbocycles. The Labute approximate surface area is 174 Å². The number of aryl methyl sites for hydroxylation is 2. The molecule has 8 nitrogen and oxygen atoms in total. The van der Waals surface area contributed by atoms with Gasteiger partial charge in [-0.05, 0) is 43.3 Å². The lowest BCUT2D eigenvalue weighted by atomic mass is 10.2. The van der Waals surface area contributed by atoms with Crippen molar-refractivity contribution >= 4 is 15.8 Å². The van der Waals surface area contributed by atoms with Crippen molar-refractivity contribution in [3.8, 4) is 17.2 Å². The molecule has 0 radical (unpaired) electrons. The van der Waals surface area contributed by atoms with Crippen LogP contribution in [0, 0.1) is 6.92 Å². The van der Waals surface area contributed by atoms with Crippen LogP contribution in [-0.2, 0) is 23.7 Å². The normalized spacial score (nSPS) is 11.4. The van der Waals surface area contributed by atoms with Gasteiger partial charge in [0.1, 0.15) is 23.8 Å². The van der Waals surface area contributed by atoms with Crippen molar-refractivity contribution in [1.82, 2.24) is 14.8 Å². The number of benzene rings is 2. The van der Waals surface area contributed by atoms with Crippen molar-refractivity contribution in [3.05, 3.63) is 78.3 Å². The predicted molar refractivity (Wildman–Crippen MR) is 111 cm³/mol. The Morgan fingerprint density at radius 1 is 1.07 bits per heavy atom. The van der Waals surface area contributed by atoms with Crippen LogP contribution < -0.4 is 9.46 Å². The monoisotopic (exact) mass is 424 g/mol. The minimum Gasteiger partial charge on any atom is -0.487 e. The third-order valence-corrected chi connectivity index (χ3v) is 5.75. The van der Waals surface area contributed by atoms with E-state index >= 15 is 0 Å². The Hall–Kier alpha value is -3.59. The lowest BCUT2D eigenvalue weighted by Gasteiger charge is -2.08. The summed E-state index contributed by atoms with van der Waals surface area (Å²) in [5, 5.41) is 4.02. The van der Waals surface area contributed by atoms with Crippen molar-refractivity contribution in [1.29, 1.82) is 0 Å². The number of anilines is 1. The lowest BCUT2D eigenvalue weighted by Crippen LogP contribution is -2.13. The fourth-order valence-corrected chi connectivity index (χ4v) is 3.80. The van der Waals surface area contributed by atoms with Gasteiger partial charge in [-0.25, -0.2) is 13.4 Å². The molecule has 0 spiro atoms. The Balaban J connectivity index is 1.42. The highest BCUT2D eigenvalue weighted by Gasteiger charge is 2.16. The predicted octanol–water partition coefficient (Wildman–Crippen LogP) is 3.76. The zero-order chi connectivity index (χ0) is 21.1. The zero-order valence-electron chi connectivity index (χ0n) is 16.4. The number of hydrogen-bond donors (Lipinski definition) is 1. The second-order valence-electron chi connectivity index (χ2n) is 6.63. The Morgan fingerprint density at radius 3 is 2.47 bits per heavy atom. The van der Waals surface area contributed by atoms with E-state index in [4.69, 9.17) is 9.15 Å². The maximum atomic E-state index is 12.5. The van der Waals surface area contributed by atoms with E-state index in [9.17, 15) is 8.42 Å². The van der Waals surface area contributed by atoms with Crippen LogP contribution in [0.15, 0.2) is 76.2 Å². The van der Waals surface area contributed by atoms with E-state index in [1.165, 1.54) is 16.8 Å². The van der Waals surface area contributed by atoms with E-state index in [0.29, 0.717) is 23.1 Å². The number of oxazole rings is 1. The number of aromatic nitrogens is 3. The number of ether oxygens (including phenoxy) is 1. The van der Waals surface area contributed by atoms with Gasteiger partial charge in [-0.2, -0.15) is 5.10 Å². The number of nitrogens with one attached hydrogen (secondary N) is 1. The van der Waals surface area contributed by atoms with E-state index in [1.54, 1.807) is 31.4 Å². The average molecular weight is 424 g/mol. The molecule has 4 aromatic rings. The maximum absolute atomic E-state index is 12.5. The molecule has 1 N–H and O–H groups in total. The molecule has 0 atom stereocenters. The van der Waals surface area contributed by atoms with Gasteiger partial charge in [0.05, 0.1) is 4.90 Å². The summed E-state index contributed by atoms with van der Waals surface area (Å²) in [5.74, 6) is 1.99. The maximum Gasteiger partial charge on any atom is 0.263 e. The number of sulfonamides is 1. The van der Waals surface area contributed by atoms with Crippen LogP contribution >= 0.6 is 0 Å². The van der Waals surface area contributed by atoms with Gasteiger partial charge in [0.2, 0.25) is 5.89 Å². The molecule has 2 aromatic heterocycles. The van der Waals surface area contributed by atoms with Crippen LogP contribution in [0.5, 0.6) is 5.75 Å². The second kappa shape index (κ2) is 8.03. The van der Waals surface area contributed by atoms with Gasteiger partial charge in [0, 0.05) is 24.9 Å². The summed E-state index contributed by atoms with van der Waals surface area (Å²) in [5.41, 5.74) is 1.57. The first-order chi connectivity index (χ1) is 14.4. The Bertz CT molecular complexity index is 1250. The fourth-order valence-electron chi connectivity index (χ4n) is 2.80. The summed E-state index contributed by atoms with van der Waals surface area (Å²) in [6.07, 6.45) is 1.66. The minimum atomic E-state index is -3.73. The van der Waals surface area contributed by atoms with Crippen molar-refractivity contribution in [2.75, 3.05) is 4.72 Å². The van der Waals surface area contributed by atoms with Gasteiger partial charge in [0.25, 0.3) is 10.0 Å². The van der Waals surface area contributed by atoms with Gasteiger partial charge in [-0.1, -0.05) is 18.2 Å². The molecule has 0 saturated carbocycles. The Kier molecular flexibility index (Phi) is 5.28. The van der Waals surface area contributed by atoms with Gasteiger partial charge in [-0.3, -0.25) is 9.40 Å². The summed E-state index contributed by atoms with van der Waals surface area (Å²) in [6.45, 7) is 2.04. The molecule has 0 aliphatic carbocycles. The van der Waals surface area contributed by atoms with Crippen LogP contribution in [-0.4, -0.2) is 23.2 Å². The highest BCUT2D eigenvalue weighted by Crippen LogP contribution is 2.23. The van der Waals surface area contributed by atoms with E-state index in [2.05, 4.69) is 14.8 Å². The van der Waals surface area contributed by atoms with Crippen LogP contribution in [0.1, 0.15) is 11.5 Å². The zero-order valence-corrected chi connectivity index (χ0v) is 17.3. The molecule has 30 heavy (non-hydrogen) atoms. The summed E-state index contributed by atoms with van der Waals surface area (Å²) in [6, 6.07) is 17.4. The van der Waals surface area contributed by atoms with Crippen LogP contribution in [0.4, 0.5) is 5.82 Å². The quantitative estimate of drug-likeness (QED) is 0.485. The van der Waals surface area contributed by atoms with E-state index in [0.717, 1.165) is 5.56 Å². The van der Waals surface area contributed by atoms with Crippen molar-refractivity contribution in [2.24, 2.45) is 7.05 Å². The number of hydrogen-bond acceptors (Lipinski definition) is 6. The molecule has 154 valence electrons. The molecular formula is C21H20N4O4S. The molecule has 0 bridgehead atoms. The van der Waals surface area contributed by atoms with Crippen LogP contribution in [0.2, 0.25) is 0 Å². The lowest BCUT2D eigenvalue weighted by molar-refractivity contribution is 0.299. The van der Waals surface area contributed by atoms with Crippen LogP contribution in [0.3, 0.4) is 0 Å². The third kappa shape index (κ3) is 4.36. The summed E-state index contributed by atoms with van der Waals surface area (Å²) < 4.78 is 40.4. The molecule has 2 heterocycles. The number of nitrogens with zero attached hydrogens (tertiary/aromatic N) is 3. The van der Waals surface area contributed by atoms with Gasteiger partial charge >= 0.3 is 0 Å². The van der Waals surface area contributed by atoms with Crippen LogP contribution in [0.25, 0.3) is 11.5 Å². The van der Waals surface area contributed by atoms with E-state index in [-0.39, 0.29) is 17.3 Å². The highest BCUT2D eigenvalue weighted by atomic mass is 32.2. The first kappa shape index (κ1) is 19.7. The molecule has 4 rings (SSSR count). The molecule has 0 aliphatic rings. The molecule has 9 heteroatoms.